The highest BCUT2D eigenvalue weighted by Crippen LogP contribution is 2.48. The number of hydrogen-bond acceptors (Lipinski definition) is 2. The largest absolute Gasteiger partial charge is 0.456 e. The van der Waals surface area contributed by atoms with Crippen molar-refractivity contribution in [3.05, 3.63) is 182 Å². The molecule has 0 unspecified atom stereocenters. The van der Waals surface area contributed by atoms with Gasteiger partial charge in [0.25, 0.3) is 0 Å². The molecule has 0 N–H and O–H groups in total. The van der Waals surface area contributed by atoms with Crippen LogP contribution in [0.3, 0.4) is 0 Å². The minimum atomic E-state index is 0.919. The normalized spacial score (nSPS) is 12.1. The van der Waals surface area contributed by atoms with Gasteiger partial charge in [-0.2, -0.15) is 0 Å². The van der Waals surface area contributed by atoms with Crippen LogP contribution in [0.25, 0.3) is 119 Å². The smallest absolute Gasteiger partial charge is 0.136 e. The van der Waals surface area contributed by atoms with E-state index in [0.29, 0.717) is 0 Å². The van der Waals surface area contributed by atoms with Crippen LogP contribution in [0, 0.1) is 0 Å². The second kappa shape index (κ2) is 11.4. The van der Waals surface area contributed by atoms with Crippen LogP contribution in [-0.4, -0.2) is 0 Å². The first-order chi connectivity index (χ1) is 26.8. The summed E-state index contributed by atoms with van der Waals surface area (Å²) in [5.74, 6) is 0. The van der Waals surface area contributed by atoms with E-state index in [9.17, 15) is 0 Å². The average Bonchev–Trinajstić information content (AvgIpc) is 3.80. The van der Waals surface area contributed by atoms with E-state index >= 15 is 0 Å². The average molecular weight is 703 g/mol. The second-order valence-corrected chi connectivity index (χ2v) is 15.4. The van der Waals surface area contributed by atoms with Crippen molar-refractivity contribution < 1.29 is 4.42 Å². The summed E-state index contributed by atoms with van der Waals surface area (Å²) >= 11 is 1.85. The topological polar surface area (TPSA) is 13.1 Å². The second-order valence-electron chi connectivity index (χ2n) is 14.3. The maximum absolute atomic E-state index is 6.77. The highest BCUT2D eigenvalue weighted by atomic mass is 32.1. The fourth-order valence-corrected chi connectivity index (χ4v) is 10.2. The zero-order chi connectivity index (χ0) is 35.3. The lowest BCUT2D eigenvalue weighted by molar-refractivity contribution is 0.669. The molecule has 0 aliphatic rings. The predicted molar refractivity (Wildman–Crippen MR) is 233 cm³/mol. The third kappa shape index (κ3) is 4.26. The van der Waals surface area contributed by atoms with E-state index < -0.39 is 0 Å². The molecule has 1 nitrogen and oxygen atoms in total. The van der Waals surface area contributed by atoms with Crippen LogP contribution in [0.1, 0.15) is 0 Å². The van der Waals surface area contributed by atoms with Gasteiger partial charge in [0, 0.05) is 30.9 Å². The molecule has 54 heavy (non-hydrogen) atoms. The van der Waals surface area contributed by atoms with Gasteiger partial charge < -0.3 is 4.42 Å². The number of furan rings is 1. The highest BCUT2D eigenvalue weighted by Gasteiger charge is 2.21. The molecule has 2 heteroatoms. The SMILES string of the molecule is c1cc(-c2c3ccccc3c(-c3ccc4ccccc4c3)c3ccccc23)cc(-c2cc3oc4ccc5sc6ccccc6c5c4c3c3ccccc23)c1. The standard InChI is InChI=1S/C52H30OS/c1-2-13-32-28-35(25-24-31(32)12-1)49-40-20-7-5-18-38(40)48(39-19-6-8-21-41(39)49)34-15-11-14-33(29-34)43-30-45-50(37-17-4-3-16-36(37)43)52-44(53-45)26-27-47-51(52)42-22-9-10-23-46(42)54-47/h1-30H. The molecule has 0 aliphatic heterocycles. The summed E-state index contributed by atoms with van der Waals surface area (Å²) in [7, 11) is 0. The van der Waals surface area contributed by atoms with Crippen molar-refractivity contribution in [3.63, 3.8) is 0 Å². The quantitative estimate of drug-likeness (QED) is 0.167. The van der Waals surface area contributed by atoms with Crippen molar-refractivity contribution in [2.75, 3.05) is 0 Å². The van der Waals surface area contributed by atoms with E-state index in [4.69, 9.17) is 4.42 Å². The molecular formula is C52H30OS. The molecule has 0 bridgehead atoms. The van der Waals surface area contributed by atoms with Crippen LogP contribution >= 0.6 is 11.3 Å². The maximum atomic E-state index is 6.77. The van der Waals surface area contributed by atoms with Crippen LogP contribution in [0.15, 0.2) is 186 Å². The van der Waals surface area contributed by atoms with Gasteiger partial charge >= 0.3 is 0 Å². The summed E-state index contributed by atoms with van der Waals surface area (Å²) in [6.07, 6.45) is 0. The van der Waals surface area contributed by atoms with Crippen molar-refractivity contribution in [3.8, 4) is 33.4 Å². The van der Waals surface area contributed by atoms with Gasteiger partial charge in [0.05, 0.1) is 0 Å². The molecule has 2 heterocycles. The number of fused-ring (bicyclic) bond motifs is 12. The lowest BCUT2D eigenvalue weighted by Gasteiger charge is -2.18. The van der Waals surface area contributed by atoms with Crippen LogP contribution < -0.4 is 0 Å². The molecule has 12 aromatic rings. The predicted octanol–water partition coefficient (Wildman–Crippen LogP) is 15.6. The van der Waals surface area contributed by atoms with E-state index in [-0.39, 0.29) is 0 Å². The molecule has 12 rings (SSSR count). The van der Waals surface area contributed by atoms with Crippen molar-refractivity contribution in [1.29, 1.82) is 0 Å². The van der Waals surface area contributed by atoms with Crippen molar-refractivity contribution in [2.45, 2.75) is 0 Å². The fraction of sp³-hybridized carbons (Fsp3) is 0. The van der Waals surface area contributed by atoms with Crippen molar-refractivity contribution in [2.24, 2.45) is 0 Å². The summed E-state index contributed by atoms with van der Waals surface area (Å²) in [6.45, 7) is 0. The van der Waals surface area contributed by atoms with Gasteiger partial charge in [-0.1, -0.05) is 146 Å². The first kappa shape index (κ1) is 29.8. The van der Waals surface area contributed by atoms with Gasteiger partial charge in [-0.05, 0) is 113 Å². The van der Waals surface area contributed by atoms with E-state index in [1.807, 2.05) is 11.3 Å². The van der Waals surface area contributed by atoms with Gasteiger partial charge in [-0.15, -0.1) is 11.3 Å². The van der Waals surface area contributed by atoms with Gasteiger partial charge in [0.1, 0.15) is 11.2 Å². The van der Waals surface area contributed by atoms with Crippen molar-refractivity contribution in [1.82, 2.24) is 0 Å². The Kier molecular flexibility index (Phi) is 6.28. The summed E-state index contributed by atoms with van der Waals surface area (Å²) in [5, 5.41) is 14.9. The molecule has 2 aromatic heterocycles. The number of hydrogen-bond donors (Lipinski definition) is 0. The third-order valence-electron chi connectivity index (χ3n) is 11.4. The van der Waals surface area contributed by atoms with E-state index in [2.05, 4.69) is 182 Å². The lowest BCUT2D eigenvalue weighted by atomic mass is 9.85. The van der Waals surface area contributed by atoms with Gasteiger partial charge in [0.15, 0.2) is 0 Å². The zero-order valence-electron chi connectivity index (χ0n) is 29.1. The minimum absolute atomic E-state index is 0.919. The lowest BCUT2D eigenvalue weighted by Crippen LogP contribution is -1.91. The minimum Gasteiger partial charge on any atom is -0.456 e. The van der Waals surface area contributed by atoms with Crippen LogP contribution in [0.4, 0.5) is 0 Å². The Morgan fingerprint density at radius 2 is 0.907 bits per heavy atom. The molecule has 0 atom stereocenters. The van der Waals surface area contributed by atoms with E-state index in [0.717, 1.165) is 11.2 Å². The Hall–Kier alpha value is -6.74. The molecule has 0 aliphatic carbocycles. The summed E-state index contributed by atoms with van der Waals surface area (Å²) < 4.78 is 9.36. The molecule has 0 saturated heterocycles. The molecular weight excluding hydrogens is 673 g/mol. The maximum Gasteiger partial charge on any atom is 0.136 e. The number of benzene rings is 10. The molecule has 0 radical (unpaired) electrons. The van der Waals surface area contributed by atoms with Gasteiger partial charge in [-0.25, -0.2) is 0 Å². The Morgan fingerprint density at radius 1 is 0.315 bits per heavy atom. The highest BCUT2D eigenvalue weighted by molar-refractivity contribution is 7.26. The number of thiophene rings is 1. The molecule has 0 saturated carbocycles. The molecule has 10 aromatic carbocycles. The van der Waals surface area contributed by atoms with E-state index in [1.165, 1.54) is 107 Å². The molecule has 0 amide bonds. The van der Waals surface area contributed by atoms with Gasteiger partial charge in [-0.3, -0.25) is 0 Å². The first-order valence-electron chi connectivity index (χ1n) is 18.5. The first-order valence-corrected chi connectivity index (χ1v) is 19.3. The summed E-state index contributed by atoms with van der Waals surface area (Å²) in [6, 6.07) is 66.7. The van der Waals surface area contributed by atoms with Crippen LogP contribution in [-0.2, 0) is 0 Å². The fourth-order valence-electron chi connectivity index (χ4n) is 9.11. The Balaban J connectivity index is 1.11. The van der Waals surface area contributed by atoms with Crippen molar-refractivity contribution >= 4 is 96.5 Å². The Labute approximate surface area is 314 Å². The third-order valence-corrected chi connectivity index (χ3v) is 12.6. The van der Waals surface area contributed by atoms with Gasteiger partial charge in [0.2, 0.25) is 0 Å². The molecule has 250 valence electrons. The van der Waals surface area contributed by atoms with E-state index in [1.54, 1.807) is 0 Å². The van der Waals surface area contributed by atoms with Crippen LogP contribution in [0.2, 0.25) is 0 Å². The molecule has 0 fully saturated rings. The Morgan fingerprint density at radius 3 is 1.65 bits per heavy atom. The summed E-state index contributed by atoms with van der Waals surface area (Å²) in [5.41, 5.74) is 9.17. The zero-order valence-corrected chi connectivity index (χ0v) is 30.0. The summed E-state index contributed by atoms with van der Waals surface area (Å²) in [4.78, 5) is 0. The monoisotopic (exact) mass is 702 g/mol. The Bertz CT molecular complexity index is 3450. The molecule has 0 spiro atoms. The van der Waals surface area contributed by atoms with Crippen LogP contribution in [0.5, 0.6) is 0 Å². The number of rotatable bonds is 3.